The summed E-state index contributed by atoms with van der Waals surface area (Å²) in [4.78, 5) is 24.5. The molecule has 0 aliphatic carbocycles. The minimum atomic E-state index is -0.500. The fourth-order valence-electron chi connectivity index (χ4n) is 2.23. The summed E-state index contributed by atoms with van der Waals surface area (Å²) in [7, 11) is 1.66. The number of carbonyl (C=O) groups is 2. The van der Waals surface area contributed by atoms with Crippen LogP contribution in [-0.2, 0) is 13.6 Å². The van der Waals surface area contributed by atoms with E-state index in [-0.39, 0.29) is 17.9 Å². The molecule has 1 aromatic carbocycles. The monoisotopic (exact) mass is 373 g/mol. The van der Waals surface area contributed by atoms with E-state index in [1.165, 1.54) is 10.9 Å². The number of aromatic nitrogens is 2. The summed E-state index contributed by atoms with van der Waals surface area (Å²) in [5, 5.41) is 12.6. The molecule has 9 heteroatoms. The van der Waals surface area contributed by atoms with Crippen LogP contribution in [0, 0.1) is 0 Å². The molecule has 0 atom stereocenters. The van der Waals surface area contributed by atoms with Gasteiger partial charge >= 0.3 is 6.03 Å². The largest absolute Gasteiger partial charge is 0.467 e. The highest BCUT2D eigenvalue weighted by Crippen LogP contribution is 2.16. The minimum absolute atomic E-state index is 0.102. The van der Waals surface area contributed by atoms with Crippen LogP contribution in [0.3, 0.4) is 0 Å². The maximum Gasteiger partial charge on any atom is 0.323 e. The fourth-order valence-corrected chi connectivity index (χ4v) is 2.36. The molecule has 0 saturated heterocycles. The maximum atomic E-state index is 12.3. The van der Waals surface area contributed by atoms with Crippen molar-refractivity contribution in [2.75, 3.05) is 10.6 Å². The van der Waals surface area contributed by atoms with Crippen molar-refractivity contribution in [3.05, 3.63) is 65.3 Å². The SMILES string of the molecule is Cn1cc(NC(=O)Nc2ccc(Cl)cc2)c(C(=O)NCc2ccco2)n1. The van der Waals surface area contributed by atoms with Crippen LogP contribution in [0.25, 0.3) is 0 Å². The number of carbonyl (C=O) groups excluding carboxylic acids is 2. The number of nitrogens with one attached hydrogen (secondary N) is 3. The second kappa shape index (κ2) is 7.75. The predicted molar refractivity (Wildman–Crippen MR) is 97.2 cm³/mol. The second-order valence-corrected chi connectivity index (χ2v) is 5.85. The van der Waals surface area contributed by atoms with Crippen LogP contribution in [-0.4, -0.2) is 21.7 Å². The number of amides is 3. The van der Waals surface area contributed by atoms with Gasteiger partial charge in [0, 0.05) is 24.0 Å². The number of halogens is 1. The predicted octanol–water partition coefficient (Wildman–Crippen LogP) is 3.24. The van der Waals surface area contributed by atoms with Crippen LogP contribution in [0.5, 0.6) is 0 Å². The lowest BCUT2D eigenvalue weighted by molar-refractivity contribution is 0.0943. The Morgan fingerprint density at radius 1 is 1.19 bits per heavy atom. The van der Waals surface area contributed by atoms with Gasteiger partial charge in [-0.2, -0.15) is 5.10 Å². The zero-order valence-corrected chi connectivity index (χ0v) is 14.6. The normalized spacial score (nSPS) is 10.4. The van der Waals surface area contributed by atoms with Crippen LogP contribution < -0.4 is 16.0 Å². The Bertz CT molecular complexity index is 903. The molecule has 26 heavy (non-hydrogen) atoms. The average molecular weight is 374 g/mol. The van der Waals surface area contributed by atoms with E-state index in [2.05, 4.69) is 21.0 Å². The van der Waals surface area contributed by atoms with Crippen LogP contribution in [0.1, 0.15) is 16.2 Å². The Morgan fingerprint density at radius 2 is 1.96 bits per heavy atom. The van der Waals surface area contributed by atoms with Crippen LogP contribution >= 0.6 is 11.6 Å². The molecule has 0 bridgehead atoms. The molecular weight excluding hydrogens is 358 g/mol. The zero-order valence-electron chi connectivity index (χ0n) is 13.8. The number of rotatable bonds is 5. The Labute approximate surface area is 154 Å². The van der Waals surface area contributed by atoms with Gasteiger partial charge < -0.3 is 20.4 Å². The van der Waals surface area contributed by atoms with Crippen molar-refractivity contribution >= 4 is 34.9 Å². The molecule has 0 aliphatic heterocycles. The number of urea groups is 1. The molecule has 8 nitrogen and oxygen atoms in total. The van der Waals surface area contributed by atoms with E-state index < -0.39 is 11.9 Å². The first-order valence-electron chi connectivity index (χ1n) is 7.69. The van der Waals surface area contributed by atoms with Gasteiger partial charge in [-0.1, -0.05) is 11.6 Å². The van der Waals surface area contributed by atoms with Crippen molar-refractivity contribution in [3.8, 4) is 0 Å². The maximum absolute atomic E-state index is 12.3. The lowest BCUT2D eigenvalue weighted by atomic mass is 10.3. The summed E-state index contributed by atoms with van der Waals surface area (Å²) in [6.07, 6.45) is 3.07. The molecule has 3 amide bonds. The highest BCUT2D eigenvalue weighted by atomic mass is 35.5. The van der Waals surface area contributed by atoms with Gasteiger partial charge in [0.25, 0.3) is 5.91 Å². The molecular formula is C17H16ClN5O3. The van der Waals surface area contributed by atoms with Crippen molar-refractivity contribution in [3.63, 3.8) is 0 Å². The quantitative estimate of drug-likeness (QED) is 0.639. The molecule has 0 fully saturated rings. The standard InChI is InChI=1S/C17H16ClN5O3/c1-23-10-14(21-17(25)20-12-6-4-11(18)5-7-12)15(22-23)16(24)19-9-13-3-2-8-26-13/h2-8,10H,9H2,1H3,(H,19,24)(H2,20,21,25). The summed E-state index contributed by atoms with van der Waals surface area (Å²) < 4.78 is 6.61. The summed E-state index contributed by atoms with van der Waals surface area (Å²) >= 11 is 5.81. The highest BCUT2D eigenvalue weighted by Gasteiger charge is 2.18. The van der Waals surface area contributed by atoms with Gasteiger partial charge in [-0.05, 0) is 36.4 Å². The van der Waals surface area contributed by atoms with Crippen molar-refractivity contribution in [1.82, 2.24) is 15.1 Å². The average Bonchev–Trinajstić information content (AvgIpc) is 3.24. The fraction of sp³-hybridized carbons (Fsp3) is 0.118. The molecule has 3 N–H and O–H groups in total. The van der Waals surface area contributed by atoms with E-state index in [1.54, 1.807) is 49.6 Å². The van der Waals surface area contributed by atoms with Crippen molar-refractivity contribution in [2.45, 2.75) is 6.54 Å². The number of nitrogens with zero attached hydrogens (tertiary/aromatic N) is 2. The number of hydrogen-bond donors (Lipinski definition) is 3. The number of aryl methyl sites for hydroxylation is 1. The van der Waals surface area contributed by atoms with E-state index in [0.29, 0.717) is 16.5 Å². The third kappa shape index (κ3) is 4.42. The summed E-state index contributed by atoms with van der Waals surface area (Å²) in [5.74, 6) is 0.188. The van der Waals surface area contributed by atoms with Gasteiger partial charge in [0.05, 0.1) is 18.5 Å². The molecule has 0 aliphatic rings. The number of benzene rings is 1. The smallest absolute Gasteiger partial charge is 0.323 e. The molecule has 0 saturated carbocycles. The first kappa shape index (κ1) is 17.6. The molecule has 134 valence electrons. The number of furan rings is 1. The molecule has 0 spiro atoms. The topological polar surface area (TPSA) is 101 Å². The van der Waals surface area contributed by atoms with E-state index in [1.807, 2.05) is 0 Å². The molecule has 0 radical (unpaired) electrons. The van der Waals surface area contributed by atoms with Gasteiger partial charge in [0.1, 0.15) is 5.76 Å². The Kier molecular flexibility index (Phi) is 5.23. The Morgan fingerprint density at radius 3 is 2.65 bits per heavy atom. The molecule has 2 heterocycles. The zero-order chi connectivity index (χ0) is 18.5. The first-order valence-corrected chi connectivity index (χ1v) is 8.07. The Hall–Kier alpha value is -3.26. The summed E-state index contributed by atoms with van der Waals surface area (Å²) in [6.45, 7) is 0.221. The van der Waals surface area contributed by atoms with Crippen molar-refractivity contribution in [1.29, 1.82) is 0 Å². The van der Waals surface area contributed by atoms with Crippen LogP contribution in [0.15, 0.2) is 53.3 Å². The number of anilines is 2. The van der Waals surface area contributed by atoms with Gasteiger partial charge in [0.2, 0.25) is 0 Å². The van der Waals surface area contributed by atoms with Gasteiger partial charge in [-0.3, -0.25) is 9.48 Å². The lowest BCUT2D eigenvalue weighted by Gasteiger charge is -2.08. The minimum Gasteiger partial charge on any atom is -0.467 e. The highest BCUT2D eigenvalue weighted by molar-refractivity contribution is 6.30. The Balaban J connectivity index is 1.65. The molecule has 3 aromatic rings. The van der Waals surface area contributed by atoms with Gasteiger partial charge in [-0.25, -0.2) is 4.79 Å². The van der Waals surface area contributed by atoms with E-state index in [4.69, 9.17) is 16.0 Å². The third-order valence-electron chi connectivity index (χ3n) is 3.40. The summed E-state index contributed by atoms with van der Waals surface area (Å²) in [6, 6.07) is 9.64. The lowest BCUT2D eigenvalue weighted by Crippen LogP contribution is -2.26. The second-order valence-electron chi connectivity index (χ2n) is 5.41. The van der Waals surface area contributed by atoms with Crippen LogP contribution in [0.4, 0.5) is 16.2 Å². The number of hydrogen-bond acceptors (Lipinski definition) is 4. The van der Waals surface area contributed by atoms with Crippen molar-refractivity contribution < 1.29 is 14.0 Å². The van der Waals surface area contributed by atoms with Gasteiger partial charge in [-0.15, -0.1) is 0 Å². The van der Waals surface area contributed by atoms with Crippen molar-refractivity contribution in [2.24, 2.45) is 7.05 Å². The van der Waals surface area contributed by atoms with Gasteiger partial charge in [0.15, 0.2) is 5.69 Å². The van der Waals surface area contributed by atoms with E-state index in [9.17, 15) is 9.59 Å². The van der Waals surface area contributed by atoms with Crippen LogP contribution in [0.2, 0.25) is 5.02 Å². The third-order valence-corrected chi connectivity index (χ3v) is 3.65. The molecule has 3 rings (SSSR count). The molecule has 2 aromatic heterocycles. The summed E-state index contributed by atoms with van der Waals surface area (Å²) in [5.41, 5.74) is 0.959. The molecule has 0 unspecified atom stereocenters. The van der Waals surface area contributed by atoms with E-state index >= 15 is 0 Å². The first-order chi connectivity index (χ1) is 12.5. The van der Waals surface area contributed by atoms with E-state index in [0.717, 1.165) is 0 Å².